The molecule has 1 amide bonds. The first-order valence-corrected chi connectivity index (χ1v) is 7.01. The number of fused-ring (bicyclic) bond motifs is 1. The Morgan fingerprint density at radius 3 is 3.05 bits per heavy atom. The van der Waals surface area contributed by atoms with Crippen molar-refractivity contribution < 1.29 is 4.79 Å². The lowest BCUT2D eigenvalue weighted by atomic mass is 9.81. The lowest BCUT2D eigenvalue weighted by Crippen LogP contribution is -2.34. The molecule has 0 unspecified atom stereocenters. The summed E-state index contributed by atoms with van der Waals surface area (Å²) in [5.41, 5.74) is 2.69. The summed E-state index contributed by atoms with van der Waals surface area (Å²) < 4.78 is 0. The zero-order valence-electron chi connectivity index (χ0n) is 11.4. The van der Waals surface area contributed by atoms with E-state index in [9.17, 15) is 4.79 Å². The summed E-state index contributed by atoms with van der Waals surface area (Å²) in [6, 6.07) is 10.1. The minimum absolute atomic E-state index is 0.00453. The van der Waals surface area contributed by atoms with E-state index in [0.29, 0.717) is 18.8 Å². The predicted molar refractivity (Wildman–Crippen MR) is 74.6 cm³/mol. The Balaban J connectivity index is 2.01. The van der Waals surface area contributed by atoms with Crippen LogP contribution in [0.3, 0.4) is 0 Å². The van der Waals surface area contributed by atoms with Gasteiger partial charge in [0.25, 0.3) is 0 Å². The molecule has 3 nitrogen and oxygen atoms in total. The molecule has 0 saturated carbocycles. The van der Waals surface area contributed by atoms with Gasteiger partial charge in [0.15, 0.2) is 0 Å². The Bertz CT molecular complexity index is 490. The molecular formula is C16H20N2O. The van der Waals surface area contributed by atoms with Gasteiger partial charge in [-0.2, -0.15) is 5.26 Å². The highest BCUT2D eigenvalue weighted by Gasteiger charge is 2.22. The molecule has 1 aliphatic carbocycles. The fourth-order valence-electron chi connectivity index (χ4n) is 2.77. The van der Waals surface area contributed by atoms with E-state index in [-0.39, 0.29) is 11.9 Å². The van der Waals surface area contributed by atoms with Gasteiger partial charge in [0.2, 0.25) is 5.91 Å². The Morgan fingerprint density at radius 1 is 1.53 bits per heavy atom. The van der Waals surface area contributed by atoms with Crippen LogP contribution in [0.15, 0.2) is 24.3 Å². The highest BCUT2D eigenvalue weighted by molar-refractivity contribution is 5.77. The van der Waals surface area contributed by atoms with Crippen molar-refractivity contribution in [1.82, 2.24) is 5.32 Å². The minimum atomic E-state index is -0.355. The maximum atomic E-state index is 12.0. The van der Waals surface area contributed by atoms with Crippen LogP contribution in [0, 0.1) is 11.3 Å². The van der Waals surface area contributed by atoms with Crippen LogP contribution < -0.4 is 5.32 Å². The van der Waals surface area contributed by atoms with Crippen molar-refractivity contribution in [2.24, 2.45) is 0 Å². The van der Waals surface area contributed by atoms with Crippen molar-refractivity contribution in [1.29, 1.82) is 5.26 Å². The summed E-state index contributed by atoms with van der Waals surface area (Å²) in [5, 5.41) is 11.7. The third-order valence-corrected chi connectivity index (χ3v) is 3.82. The number of carbonyl (C=O) groups is 1. The smallest absolute Gasteiger partial charge is 0.221 e. The predicted octanol–water partition coefficient (Wildman–Crippen LogP) is 2.91. The number of nitrogens with one attached hydrogen (secondary N) is 1. The van der Waals surface area contributed by atoms with Crippen LogP contribution in [0.25, 0.3) is 0 Å². The third kappa shape index (κ3) is 3.35. The van der Waals surface area contributed by atoms with Gasteiger partial charge < -0.3 is 5.32 Å². The normalized spacial score (nSPS) is 19.1. The fraction of sp³-hybridized carbons (Fsp3) is 0.500. The maximum absolute atomic E-state index is 12.0. The fourth-order valence-corrected chi connectivity index (χ4v) is 2.77. The van der Waals surface area contributed by atoms with E-state index in [1.165, 1.54) is 11.1 Å². The zero-order chi connectivity index (χ0) is 13.7. The van der Waals surface area contributed by atoms with Gasteiger partial charge in [-0.25, -0.2) is 0 Å². The first kappa shape index (κ1) is 13.6. The molecule has 0 aromatic heterocycles. The summed E-state index contributed by atoms with van der Waals surface area (Å²) in [6.07, 6.45) is 4.47. The number of rotatable bonds is 4. The van der Waals surface area contributed by atoms with Crippen LogP contribution in [0.5, 0.6) is 0 Å². The van der Waals surface area contributed by atoms with Crippen molar-refractivity contribution >= 4 is 5.91 Å². The summed E-state index contributed by atoms with van der Waals surface area (Å²) >= 11 is 0. The molecule has 0 heterocycles. The van der Waals surface area contributed by atoms with E-state index >= 15 is 0 Å². The average Bonchev–Trinajstić information content (AvgIpc) is 2.45. The topological polar surface area (TPSA) is 52.9 Å². The quantitative estimate of drug-likeness (QED) is 0.900. The largest absolute Gasteiger partial charge is 0.340 e. The first-order chi connectivity index (χ1) is 9.24. The van der Waals surface area contributed by atoms with E-state index in [0.717, 1.165) is 19.3 Å². The van der Waals surface area contributed by atoms with Crippen LogP contribution in [-0.2, 0) is 11.2 Å². The summed E-state index contributed by atoms with van der Waals surface area (Å²) in [7, 11) is 0. The average molecular weight is 256 g/mol. The molecule has 0 aliphatic heterocycles. The first-order valence-electron chi connectivity index (χ1n) is 7.01. The van der Waals surface area contributed by atoms with Gasteiger partial charge >= 0.3 is 0 Å². The molecule has 19 heavy (non-hydrogen) atoms. The molecule has 2 rings (SSSR count). The van der Waals surface area contributed by atoms with Crippen molar-refractivity contribution in [3.63, 3.8) is 0 Å². The Labute approximate surface area is 114 Å². The Kier molecular flexibility index (Phi) is 4.57. The number of benzene rings is 1. The van der Waals surface area contributed by atoms with Gasteiger partial charge in [-0.1, -0.05) is 31.2 Å². The van der Waals surface area contributed by atoms with Crippen LogP contribution in [0.4, 0.5) is 0 Å². The van der Waals surface area contributed by atoms with Gasteiger partial charge in [0, 0.05) is 6.42 Å². The Morgan fingerprint density at radius 2 is 2.32 bits per heavy atom. The second-order valence-electron chi connectivity index (χ2n) is 5.15. The molecule has 2 atom stereocenters. The minimum Gasteiger partial charge on any atom is -0.340 e. The van der Waals surface area contributed by atoms with E-state index in [4.69, 9.17) is 5.26 Å². The van der Waals surface area contributed by atoms with E-state index in [1.807, 2.05) is 13.0 Å². The number of carbonyl (C=O) groups excluding carboxylic acids is 1. The molecular weight excluding hydrogens is 236 g/mol. The molecule has 0 bridgehead atoms. The third-order valence-electron chi connectivity index (χ3n) is 3.82. The van der Waals surface area contributed by atoms with Crippen molar-refractivity contribution in [2.75, 3.05) is 0 Å². The van der Waals surface area contributed by atoms with E-state index < -0.39 is 0 Å². The molecule has 0 saturated heterocycles. The second-order valence-corrected chi connectivity index (χ2v) is 5.15. The number of hydrogen-bond donors (Lipinski definition) is 1. The number of aryl methyl sites for hydroxylation is 1. The maximum Gasteiger partial charge on any atom is 0.221 e. The van der Waals surface area contributed by atoms with Crippen molar-refractivity contribution in [3.05, 3.63) is 35.4 Å². The lowest BCUT2D eigenvalue weighted by molar-refractivity contribution is -0.121. The molecule has 0 fully saturated rings. The van der Waals surface area contributed by atoms with Crippen molar-refractivity contribution in [3.8, 4) is 6.07 Å². The van der Waals surface area contributed by atoms with Gasteiger partial charge in [0.1, 0.15) is 6.04 Å². The molecule has 1 aromatic carbocycles. The van der Waals surface area contributed by atoms with Gasteiger partial charge in [-0.05, 0) is 42.7 Å². The van der Waals surface area contributed by atoms with E-state index in [1.54, 1.807) is 0 Å². The summed E-state index contributed by atoms with van der Waals surface area (Å²) in [6.45, 7) is 1.91. The standard InChI is InChI=1S/C16H20N2O/c1-2-14(11-17)18-16(19)10-13-8-5-7-12-6-3-4-9-15(12)13/h3-4,6,9,13-14H,2,5,7-8,10H2,1H3,(H,18,19)/t13-,14-/m1/s1. The van der Waals surface area contributed by atoms with Gasteiger partial charge in [-0.15, -0.1) is 0 Å². The Hall–Kier alpha value is -1.82. The summed E-state index contributed by atoms with van der Waals surface area (Å²) in [4.78, 5) is 12.0. The van der Waals surface area contributed by atoms with Crippen LogP contribution >= 0.6 is 0 Å². The van der Waals surface area contributed by atoms with Gasteiger partial charge in [-0.3, -0.25) is 4.79 Å². The lowest BCUT2D eigenvalue weighted by Gasteiger charge is -2.25. The van der Waals surface area contributed by atoms with Gasteiger partial charge in [0.05, 0.1) is 6.07 Å². The number of nitrogens with zero attached hydrogens (tertiary/aromatic N) is 1. The SMILES string of the molecule is CC[C@H](C#N)NC(=O)C[C@H]1CCCc2ccccc21. The zero-order valence-corrected chi connectivity index (χ0v) is 11.4. The van der Waals surface area contributed by atoms with Crippen LogP contribution in [-0.4, -0.2) is 11.9 Å². The number of amides is 1. The number of hydrogen-bond acceptors (Lipinski definition) is 2. The molecule has 3 heteroatoms. The summed E-state index contributed by atoms with van der Waals surface area (Å²) in [5.74, 6) is 0.302. The second kappa shape index (κ2) is 6.38. The molecule has 100 valence electrons. The van der Waals surface area contributed by atoms with Crippen LogP contribution in [0.2, 0.25) is 0 Å². The van der Waals surface area contributed by atoms with Crippen LogP contribution in [0.1, 0.15) is 49.7 Å². The molecule has 1 aliphatic rings. The molecule has 1 aromatic rings. The highest BCUT2D eigenvalue weighted by Crippen LogP contribution is 2.33. The number of nitriles is 1. The molecule has 1 N–H and O–H groups in total. The highest BCUT2D eigenvalue weighted by atomic mass is 16.1. The monoisotopic (exact) mass is 256 g/mol. The van der Waals surface area contributed by atoms with Crippen molar-refractivity contribution in [2.45, 2.75) is 51.0 Å². The van der Waals surface area contributed by atoms with E-state index in [2.05, 4.69) is 29.6 Å². The molecule has 0 spiro atoms. The molecule has 0 radical (unpaired) electrons.